The Kier molecular flexibility index (Phi) is 7.20. The molecule has 24 heavy (non-hydrogen) atoms. The molecule has 1 aliphatic rings. The monoisotopic (exact) mass is 371 g/mol. The highest BCUT2D eigenvalue weighted by Gasteiger charge is 2.37. The third-order valence-electron chi connectivity index (χ3n) is 4.36. The summed E-state index contributed by atoms with van der Waals surface area (Å²) in [6.07, 6.45) is 10.8. The van der Waals surface area contributed by atoms with Gasteiger partial charge in [-0.3, -0.25) is 9.36 Å². The Labute approximate surface area is 154 Å². The topological polar surface area (TPSA) is 85.8 Å². The van der Waals surface area contributed by atoms with Crippen LogP contribution in [0.1, 0.15) is 32.6 Å². The minimum atomic E-state index is -0.424. The van der Waals surface area contributed by atoms with Gasteiger partial charge in [0.2, 0.25) is 5.91 Å². The van der Waals surface area contributed by atoms with Gasteiger partial charge in [0, 0.05) is 17.9 Å². The molecule has 1 fully saturated rings. The number of pyridine rings is 1. The van der Waals surface area contributed by atoms with E-state index in [0.29, 0.717) is 5.69 Å². The molecule has 0 radical (unpaired) electrons. The van der Waals surface area contributed by atoms with Gasteiger partial charge in [-0.1, -0.05) is 12.8 Å². The van der Waals surface area contributed by atoms with E-state index in [1.54, 1.807) is 18.7 Å². The molecule has 3 rings (SSSR count). The smallest absolute Gasteiger partial charge is 0.229 e. The molecule has 2 unspecified atom stereocenters. The van der Waals surface area contributed by atoms with Gasteiger partial charge >= 0.3 is 0 Å². The van der Waals surface area contributed by atoms with Crippen LogP contribution in [0.15, 0.2) is 37.1 Å². The molecule has 132 valence electrons. The molecule has 2 atom stereocenters. The minimum absolute atomic E-state index is 0. The van der Waals surface area contributed by atoms with Crippen LogP contribution < -0.4 is 11.1 Å². The highest BCUT2D eigenvalue weighted by atomic mass is 35.5. The van der Waals surface area contributed by atoms with Crippen LogP contribution in [0, 0.1) is 5.92 Å². The summed E-state index contributed by atoms with van der Waals surface area (Å²) < 4.78 is 1.81. The molecule has 0 bridgehead atoms. The number of hydrogen-bond acceptors (Lipinski definition) is 4. The number of rotatable bonds is 3. The Hall–Kier alpha value is -1.63. The Bertz CT molecular complexity index is 643. The molecular weight excluding hydrogens is 349 g/mol. The van der Waals surface area contributed by atoms with Crippen LogP contribution in [-0.4, -0.2) is 26.0 Å². The van der Waals surface area contributed by atoms with Gasteiger partial charge in [0.05, 0.1) is 17.8 Å². The molecule has 0 aromatic carbocycles. The van der Waals surface area contributed by atoms with E-state index in [1.165, 1.54) is 0 Å². The average molecular weight is 372 g/mol. The molecule has 2 heterocycles. The number of hydrogen-bond donors (Lipinski definition) is 2. The number of halogens is 2. The highest BCUT2D eigenvalue weighted by Crippen LogP contribution is 2.32. The van der Waals surface area contributed by atoms with Gasteiger partial charge in [-0.05, 0) is 31.9 Å². The maximum atomic E-state index is 12.5. The van der Waals surface area contributed by atoms with Gasteiger partial charge in [0.15, 0.2) is 0 Å². The second-order valence-corrected chi connectivity index (χ2v) is 6.17. The van der Waals surface area contributed by atoms with E-state index in [1.807, 2.05) is 29.8 Å². The third kappa shape index (κ3) is 4.47. The number of nitrogens with zero attached hydrogens (tertiary/aromatic N) is 3. The second-order valence-electron chi connectivity index (χ2n) is 6.17. The second kappa shape index (κ2) is 8.46. The largest absolute Gasteiger partial charge is 0.325 e. The van der Waals surface area contributed by atoms with Crippen LogP contribution in [0.2, 0.25) is 0 Å². The van der Waals surface area contributed by atoms with Gasteiger partial charge < -0.3 is 11.1 Å². The van der Waals surface area contributed by atoms with E-state index in [2.05, 4.69) is 15.3 Å². The maximum absolute atomic E-state index is 12.5. The highest BCUT2D eigenvalue weighted by molar-refractivity contribution is 5.93. The van der Waals surface area contributed by atoms with Gasteiger partial charge in [-0.25, -0.2) is 9.97 Å². The molecule has 0 aliphatic heterocycles. The van der Waals surface area contributed by atoms with Crippen molar-refractivity contribution in [3.63, 3.8) is 0 Å². The molecule has 2 aromatic rings. The first kappa shape index (κ1) is 20.4. The normalized spacial score (nSPS) is 22.8. The van der Waals surface area contributed by atoms with Crippen molar-refractivity contribution < 1.29 is 4.79 Å². The fraction of sp³-hybridized carbons (Fsp3) is 0.438. The third-order valence-corrected chi connectivity index (χ3v) is 4.36. The Morgan fingerprint density at radius 1 is 1.38 bits per heavy atom. The first-order valence-electron chi connectivity index (χ1n) is 7.60. The number of carbonyl (C=O) groups is 1. The van der Waals surface area contributed by atoms with Crippen molar-refractivity contribution in [2.75, 3.05) is 5.32 Å². The summed E-state index contributed by atoms with van der Waals surface area (Å²) in [5, 5.41) is 2.93. The number of anilines is 1. The molecule has 0 spiro atoms. The number of nitrogens with two attached hydrogens (primary N) is 1. The van der Waals surface area contributed by atoms with Crippen molar-refractivity contribution in [2.24, 2.45) is 11.7 Å². The summed E-state index contributed by atoms with van der Waals surface area (Å²) >= 11 is 0. The number of amides is 1. The van der Waals surface area contributed by atoms with E-state index < -0.39 is 5.54 Å². The lowest BCUT2D eigenvalue weighted by Crippen LogP contribution is -2.51. The van der Waals surface area contributed by atoms with Crippen LogP contribution in [-0.2, 0) is 4.79 Å². The first-order valence-corrected chi connectivity index (χ1v) is 7.60. The fourth-order valence-corrected chi connectivity index (χ4v) is 3.03. The number of carbonyl (C=O) groups excluding carboxylic acids is 1. The summed E-state index contributed by atoms with van der Waals surface area (Å²) in [6.45, 7) is 1.97. The summed E-state index contributed by atoms with van der Waals surface area (Å²) in [5.74, 6) is 0.605. The molecule has 3 N–H and O–H groups in total. The molecule has 8 heteroatoms. The number of aromatic nitrogens is 3. The molecule has 2 aromatic heterocycles. The zero-order valence-corrected chi connectivity index (χ0v) is 15.1. The van der Waals surface area contributed by atoms with Gasteiger partial charge in [0.25, 0.3) is 0 Å². The van der Waals surface area contributed by atoms with Crippen LogP contribution in [0.25, 0.3) is 5.82 Å². The van der Waals surface area contributed by atoms with Crippen molar-refractivity contribution in [2.45, 2.75) is 38.1 Å². The lowest BCUT2D eigenvalue weighted by atomic mass is 9.74. The predicted molar refractivity (Wildman–Crippen MR) is 99.0 cm³/mol. The molecule has 0 saturated heterocycles. The summed E-state index contributed by atoms with van der Waals surface area (Å²) in [7, 11) is 0. The van der Waals surface area contributed by atoms with Gasteiger partial charge in [-0.15, -0.1) is 24.8 Å². The van der Waals surface area contributed by atoms with Crippen molar-refractivity contribution in [1.82, 2.24) is 14.5 Å². The SMILES string of the molecule is CC1(N)CCCCC1C(=O)Nc1ccc(-n2ccnc2)nc1.Cl.Cl. The van der Waals surface area contributed by atoms with E-state index in [9.17, 15) is 4.79 Å². The standard InChI is InChI=1S/C16H21N5O.2ClH/c1-16(17)7-3-2-4-13(16)15(22)20-12-5-6-14(19-10-12)21-9-8-18-11-21;;/h5-6,8-11,13H,2-4,7,17H2,1H3,(H,20,22);2*1H. The van der Waals surface area contributed by atoms with Crippen molar-refractivity contribution in [3.8, 4) is 5.82 Å². The minimum Gasteiger partial charge on any atom is -0.325 e. The molecular formula is C16H23Cl2N5O. The quantitative estimate of drug-likeness (QED) is 0.868. The van der Waals surface area contributed by atoms with Crippen LogP contribution in [0.3, 0.4) is 0 Å². The van der Waals surface area contributed by atoms with Crippen molar-refractivity contribution >= 4 is 36.4 Å². The van der Waals surface area contributed by atoms with Crippen LogP contribution in [0.4, 0.5) is 5.69 Å². The van der Waals surface area contributed by atoms with Gasteiger partial charge in [0.1, 0.15) is 12.1 Å². The Morgan fingerprint density at radius 3 is 2.75 bits per heavy atom. The summed E-state index contributed by atoms with van der Waals surface area (Å²) in [6, 6.07) is 3.69. The van der Waals surface area contributed by atoms with Gasteiger partial charge in [-0.2, -0.15) is 0 Å². The lowest BCUT2D eigenvalue weighted by molar-refractivity contribution is -0.122. The number of imidazole rings is 1. The average Bonchev–Trinajstić information content (AvgIpc) is 3.01. The Balaban J connectivity index is 0.00000144. The van der Waals surface area contributed by atoms with Crippen molar-refractivity contribution in [3.05, 3.63) is 37.1 Å². The molecule has 6 nitrogen and oxygen atoms in total. The van der Waals surface area contributed by atoms with E-state index in [4.69, 9.17) is 5.73 Å². The van der Waals surface area contributed by atoms with Crippen LogP contribution in [0.5, 0.6) is 0 Å². The summed E-state index contributed by atoms with van der Waals surface area (Å²) in [4.78, 5) is 20.8. The first-order chi connectivity index (χ1) is 10.6. The molecule has 1 amide bonds. The zero-order valence-electron chi connectivity index (χ0n) is 13.5. The zero-order chi connectivity index (χ0) is 15.6. The van der Waals surface area contributed by atoms with E-state index in [-0.39, 0.29) is 36.6 Å². The predicted octanol–water partition coefficient (Wildman–Crippen LogP) is 2.96. The fourth-order valence-electron chi connectivity index (χ4n) is 3.03. The number of nitrogens with one attached hydrogen (secondary N) is 1. The maximum Gasteiger partial charge on any atom is 0.229 e. The van der Waals surface area contributed by atoms with Crippen molar-refractivity contribution in [1.29, 1.82) is 0 Å². The molecule has 1 aliphatic carbocycles. The molecule has 1 saturated carbocycles. The lowest BCUT2D eigenvalue weighted by Gasteiger charge is -2.37. The van der Waals surface area contributed by atoms with Crippen LogP contribution >= 0.6 is 24.8 Å². The summed E-state index contributed by atoms with van der Waals surface area (Å²) in [5.41, 5.74) is 6.54. The van der Waals surface area contributed by atoms with E-state index in [0.717, 1.165) is 31.5 Å². The van der Waals surface area contributed by atoms with E-state index >= 15 is 0 Å². The Morgan fingerprint density at radius 2 is 2.17 bits per heavy atom.